The van der Waals surface area contributed by atoms with Crippen molar-refractivity contribution in [1.29, 1.82) is 0 Å². The number of piperazine rings is 1. The van der Waals surface area contributed by atoms with Crippen molar-refractivity contribution < 1.29 is 23.4 Å². The van der Waals surface area contributed by atoms with Crippen LogP contribution in [0.4, 0.5) is 10.1 Å². The fourth-order valence-corrected chi connectivity index (χ4v) is 3.46. The monoisotopic (exact) mass is 414 g/mol. The maximum atomic E-state index is 13.9. The molecule has 1 fully saturated rings. The summed E-state index contributed by atoms with van der Waals surface area (Å²) in [6, 6.07) is 7.85. The Morgan fingerprint density at radius 3 is 2.17 bits per heavy atom. The summed E-state index contributed by atoms with van der Waals surface area (Å²) >= 11 is 0. The number of hydrogen-bond acceptors (Lipinski definition) is 6. The van der Waals surface area contributed by atoms with E-state index in [2.05, 4.69) is 16.8 Å². The number of hydrogen-bond donors (Lipinski definition) is 0. The zero-order valence-electron chi connectivity index (χ0n) is 17.8. The van der Waals surface area contributed by atoms with Crippen molar-refractivity contribution in [2.45, 2.75) is 0 Å². The Morgan fingerprint density at radius 2 is 1.60 bits per heavy atom. The Balaban J connectivity index is 1.88. The molecule has 0 unspecified atom stereocenters. The second-order valence-electron chi connectivity index (χ2n) is 7.11. The van der Waals surface area contributed by atoms with E-state index in [-0.39, 0.29) is 11.6 Å². The molecule has 2 aromatic carbocycles. The van der Waals surface area contributed by atoms with Gasteiger partial charge >= 0.3 is 0 Å². The van der Waals surface area contributed by atoms with E-state index in [0.717, 1.165) is 37.4 Å². The number of carbonyl (C=O) groups excluding carboxylic acids is 1. The summed E-state index contributed by atoms with van der Waals surface area (Å²) in [7, 11) is 6.58. The van der Waals surface area contributed by atoms with Crippen molar-refractivity contribution in [3.63, 3.8) is 0 Å². The number of carbonyl (C=O) groups is 1. The number of methoxy groups -OCH3 is 3. The van der Waals surface area contributed by atoms with Crippen molar-refractivity contribution in [2.75, 3.05) is 59.5 Å². The van der Waals surface area contributed by atoms with Crippen molar-refractivity contribution in [2.24, 2.45) is 0 Å². The highest BCUT2D eigenvalue weighted by molar-refractivity contribution is 6.07. The smallest absolute Gasteiger partial charge is 0.203 e. The third-order valence-corrected chi connectivity index (χ3v) is 5.20. The van der Waals surface area contributed by atoms with Gasteiger partial charge in [-0.1, -0.05) is 0 Å². The van der Waals surface area contributed by atoms with E-state index < -0.39 is 0 Å². The molecule has 0 saturated carbocycles. The third-order valence-electron chi connectivity index (χ3n) is 5.20. The standard InChI is InChI=1S/C23H27FN2O4/c1-25-9-11-26(12-10-25)19-15-18(24)7-5-16(19)6-8-20(27)17-13-21(28-2)23(30-4)22(14-17)29-3/h5-8,13-15H,9-12H2,1-4H3/b8-6+. The number of ether oxygens (including phenoxy) is 3. The molecule has 7 heteroatoms. The lowest BCUT2D eigenvalue weighted by Gasteiger charge is -2.34. The number of anilines is 1. The number of benzene rings is 2. The van der Waals surface area contributed by atoms with Crippen LogP contribution in [0.1, 0.15) is 15.9 Å². The molecule has 3 rings (SSSR count). The summed E-state index contributed by atoms with van der Waals surface area (Å²) in [5.74, 6) is 0.735. The van der Waals surface area contributed by atoms with Gasteiger partial charge in [0, 0.05) is 37.4 Å². The largest absolute Gasteiger partial charge is 0.493 e. The average Bonchev–Trinajstić information content (AvgIpc) is 2.77. The fourth-order valence-electron chi connectivity index (χ4n) is 3.46. The molecule has 1 heterocycles. The van der Waals surface area contributed by atoms with E-state index in [4.69, 9.17) is 14.2 Å². The van der Waals surface area contributed by atoms with Gasteiger partial charge in [0.1, 0.15) is 5.82 Å². The van der Waals surface area contributed by atoms with Gasteiger partial charge in [0.15, 0.2) is 17.3 Å². The van der Waals surface area contributed by atoms with E-state index >= 15 is 0 Å². The summed E-state index contributed by atoms with van der Waals surface area (Å²) < 4.78 is 29.9. The van der Waals surface area contributed by atoms with Crippen molar-refractivity contribution in [1.82, 2.24) is 4.90 Å². The van der Waals surface area contributed by atoms with E-state index in [1.54, 1.807) is 24.3 Å². The van der Waals surface area contributed by atoms with Gasteiger partial charge in [-0.2, -0.15) is 0 Å². The predicted octanol–water partition coefficient (Wildman–Crippen LogP) is 3.50. The van der Waals surface area contributed by atoms with E-state index in [1.165, 1.54) is 39.5 Å². The molecule has 6 nitrogen and oxygen atoms in total. The number of likely N-dealkylation sites (N-methyl/N-ethyl adjacent to an activating group) is 1. The Hall–Kier alpha value is -3.06. The quantitative estimate of drug-likeness (QED) is 0.511. The van der Waals surface area contributed by atoms with Crippen LogP contribution in [-0.4, -0.2) is 65.2 Å². The van der Waals surface area contributed by atoms with Crippen LogP contribution in [-0.2, 0) is 0 Å². The summed E-state index contributed by atoms with van der Waals surface area (Å²) in [6.07, 6.45) is 3.20. The van der Waals surface area contributed by atoms with Crippen LogP contribution < -0.4 is 19.1 Å². The minimum atomic E-state index is -0.294. The minimum Gasteiger partial charge on any atom is -0.493 e. The van der Waals surface area contributed by atoms with E-state index in [0.29, 0.717) is 22.8 Å². The number of halogens is 1. The summed E-state index contributed by atoms with van der Waals surface area (Å²) in [5.41, 5.74) is 1.99. The second-order valence-corrected chi connectivity index (χ2v) is 7.11. The van der Waals surface area contributed by atoms with Crippen molar-refractivity contribution in [3.05, 3.63) is 53.4 Å². The Kier molecular flexibility index (Phi) is 6.95. The summed E-state index contributed by atoms with van der Waals surface area (Å²) in [6.45, 7) is 3.43. The first-order chi connectivity index (χ1) is 14.5. The first-order valence-corrected chi connectivity index (χ1v) is 9.72. The molecule has 0 atom stereocenters. The molecule has 1 aliphatic heterocycles. The van der Waals surface area contributed by atoms with Gasteiger partial charge in [-0.25, -0.2) is 4.39 Å². The zero-order valence-corrected chi connectivity index (χ0v) is 17.8. The maximum Gasteiger partial charge on any atom is 0.203 e. The molecule has 1 saturated heterocycles. The van der Waals surface area contributed by atoms with Crippen molar-refractivity contribution >= 4 is 17.5 Å². The lowest BCUT2D eigenvalue weighted by Crippen LogP contribution is -2.44. The topological polar surface area (TPSA) is 51.2 Å². The van der Waals surface area contributed by atoms with Gasteiger partial charge < -0.3 is 24.0 Å². The fraction of sp³-hybridized carbons (Fsp3) is 0.348. The molecule has 2 aromatic rings. The van der Waals surface area contributed by atoms with Gasteiger partial charge in [-0.05, 0) is 55.1 Å². The number of ketones is 1. The van der Waals surface area contributed by atoms with Gasteiger partial charge in [-0.3, -0.25) is 4.79 Å². The lowest BCUT2D eigenvalue weighted by molar-refractivity contribution is 0.104. The molecule has 0 radical (unpaired) electrons. The first-order valence-electron chi connectivity index (χ1n) is 9.72. The number of allylic oxidation sites excluding steroid dienone is 1. The molecule has 160 valence electrons. The van der Waals surface area contributed by atoms with Gasteiger partial charge in [0.2, 0.25) is 5.75 Å². The highest BCUT2D eigenvalue weighted by Crippen LogP contribution is 2.38. The first kappa shape index (κ1) is 21.6. The molecule has 1 aliphatic rings. The maximum absolute atomic E-state index is 13.9. The van der Waals surface area contributed by atoms with Crippen molar-refractivity contribution in [3.8, 4) is 17.2 Å². The molecule has 0 aliphatic carbocycles. The SMILES string of the molecule is COc1cc(C(=O)/C=C/c2ccc(F)cc2N2CCN(C)CC2)cc(OC)c1OC. The molecule has 0 N–H and O–H groups in total. The van der Waals surface area contributed by atoms with Crippen LogP contribution in [0.25, 0.3) is 6.08 Å². The average molecular weight is 414 g/mol. The van der Waals surface area contributed by atoms with Gasteiger partial charge in [0.25, 0.3) is 0 Å². The molecule has 0 bridgehead atoms. The molecule has 0 aromatic heterocycles. The Bertz CT molecular complexity index is 912. The van der Waals surface area contributed by atoms with Crippen LogP contribution in [0, 0.1) is 5.82 Å². The summed E-state index contributed by atoms with van der Waals surface area (Å²) in [4.78, 5) is 17.2. The molecule has 30 heavy (non-hydrogen) atoms. The highest BCUT2D eigenvalue weighted by Gasteiger charge is 2.18. The van der Waals surface area contributed by atoms with Crippen LogP contribution in [0.2, 0.25) is 0 Å². The molecule has 0 amide bonds. The molecular formula is C23H27FN2O4. The third kappa shape index (κ3) is 4.74. The van der Waals surface area contributed by atoms with Crippen LogP contribution in [0.5, 0.6) is 17.2 Å². The van der Waals surface area contributed by atoms with Gasteiger partial charge in [0.05, 0.1) is 21.3 Å². The van der Waals surface area contributed by atoms with Crippen LogP contribution in [0.3, 0.4) is 0 Å². The Morgan fingerprint density at radius 1 is 0.967 bits per heavy atom. The van der Waals surface area contributed by atoms with Gasteiger partial charge in [-0.15, -0.1) is 0 Å². The zero-order chi connectivity index (χ0) is 21.7. The van der Waals surface area contributed by atoms with E-state index in [9.17, 15) is 9.18 Å². The number of nitrogens with zero attached hydrogens (tertiary/aromatic N) is 2. The molecule has 0 spiro atoms. The van der Waals surface area contributed by atoms with Crippen LogP contribution in [0.15, 0.2) is 36.4 Å². The normalized spacial score (nSPS) is 14.8. The van der Waals surface area contributed by atoms with Crippen LogP contribution >= 0.6 is 0 Å². The number of rotatable bonds is 7. The second kappa shape index (κ2) is 9.63. The lowest BCUT2D eigenvalue weighted by atomic mass is 10.1. The molecular weight excluding hydrogens is 387 g/mol. The minimum absolute atomic E-state index is 0.220. The predicted molar refractivity (Wildman–Crippen MR) is 116 cm³/mol. The van der Waals surface area contributed by atoms with E-state index in [1.807, 2.05) is 0 Å². The Labute approximate surface area is 176 Å². The highest BCUT2D eigenvalue weighted by atomic mass is 19.1. The summed E-state index contributed by atoms with van der Waals surface area (Å²) in [5, 5.41) is 0.